The summed E-state index contributed by atoms with van der Waals surface area (Å²) in [7, 11) is 0. The Morgan fingerprint density at radius 3 is 2.77 bits per heavy atom. The molecule has 2 aromatic rings. The predicted octanol–water partition coefficient (Wildman–Crippen LogP) is 2.74. The highest BCUT2D eigenvalue weighted by Gasteiger charge is 2.38. The summed E-state index contributed by atoms with van der Waals surface area (Å²) < 4.78 is 5.39. The van der Waals surface area contributed by atoms with Crippen LogP contribution in [0.3, 0.4) is 0 Å². The van der Waals surface area contributed by atoms with Crippen LogP contribution in [0.1, 0.15) is 52.4 Å². The van der Waals surface area contributed by atoms with Gasteiger partial charge in [0.25, 0.3) is 5.91 Å². The maximum absolute atomic E-state index is 12.8. The highest BCUT2D eigenvalue weighted by molar-refractivity contribution is 5.96. The third-order valence-corrected chi connectivity index (χ3v) is 3.77. The zero-order chi connectivity index (χ0) is 15.7. The number of carboxylic acids is 1. The van der Waals surface area contributed by atoms with Crippen LogP contribution in [0.5, 0.6) is 0 Å². The Labute approximate surface area is 127 Å². The number of rotatable bonds is 5. The van der Waals surface area contributed by atoms with Crippen LogP contribution in [0.4, 0.5) is 0 Å². The van der Waals surface area contributed by atoms with E-state index in [1.165, 1.54) is 18.3 Å². The fraction of sp³-hybridized carbons (Fsp3) is 0.312. The van der Waals surface area contributed by atoms with E-state index in [0.29, 0.717) is 5.76 Å². The predicted molar refractivity (Wildman–Crippen MR) is 77.5 cm³/mol. The van der Waals surface area contributed by atoms with Crippen molar-refractivity contribution in [1.82, 2.24) is 9.88 Å². The number of carboxylic acid groups (broad SMARTS) is 1. The second-order valence-corrected chi connectivity index (χ2v) is 5.37. The minimum atomic E-state index is -1.08. The Bertz CT molecular complexity index is 692. The molecular weight excluding hydrogens is 284 g/mol. The molecule has 1 atom stereocenters. The number of pyridine rings is 1. The molecule has 2 heterocycles. The molecule has 0 aromatic carbocycles. The van der Waals surface area contributed by atoms with Crippen LogP contribution in [-0.2, 0) is 0 Å². The number of amides is 1. The molecule has 1 unspecified atom stereocenters. The van der Waals surface area contributed by atoms with Crippen LogP contribution < -0.4 is 0 Å². The van der Waals surface area contributed by atoms with Crippen molar-refractivity contribution >= 4 is 11.9 Å². The van der Waals surface area contributed by atoms with E-state index >= 15 is 0 Å². The monoisotopic (exact) mass is 300 g/mol. The lowest BCUT2D eigenvalue weighted by Crippen LogP contribution is -2.36. The van der Waals surface area contributed by atoms with Gasteiger partial charge in [0, 0.05) is 12.2 Å². The van der Waals surface area contributed by atoms with Crippen LogP contribution >= 0.6 is 0 Å². The van der Waals surface area contributed by atoms with Crippen LogP contribution in [-0.4, -0.2) is 32.9 Å². The summed E-state index contributed by atoms with van der Waals surface area (Å²) in [6, 6.07) is 6.23. The van der Waals surface area contributed by atoms with Crippen molar-refractivity contribution in [2.45, 2.75) is 31.8 Å². The van der Waals surface area contributed by atoms with Gasteiger partial charge in [-0.15, -0.1) is 0 Å². The average Bonchev–Trinajstić information content (AvgIpc) is 3.19. The minimum absolute atomic E-state index is 0.0553. The van der Waals surface area contributed by atoms with E-state index in [1.54, 1.807) is 17.2 Å². The van der Waals surface area contributed by atoms with Gasteiger partial charge >= 0.3 is 5.97 Å². The summed E-state index contributed by atoms with van der Waals surface area (Å²) in [5, 5.41) is 9.04. The van der Waals surface area contributed by atoms with Gasteiger partial charge < -0.3 is 14.4 Å². The van der Waals surface area contributed by atoms with Crippen LogP contribution in [0, 0.1) is 0 Å². The van der Waals surface area contributed by atoms with Crippen LogP contribution in [0.25, 0.3) is 0 Å². The van der Waals surface area contributed by atoms with E-state index in [0.717, 1.165) is 12.8 Å². The molecule has 1 saturated carbocycles. The fourth-order valence-corrected chi connectivity index (χ4v) is 2.49. The molecule has 2 aromatic heterocycles. The summed E-state index contributed by atoms with van der Waals surface area (Å²) in [6.07, 6.45) is 4.80. The van der Waals surface area contributed by atoms with Gasteiger partial charge in [0.05, 0.1) is 17.9 Å². The van der Waals surface area contributed by atoms with Gasteiger partial charge in [-0.2, -0.15) is 0 Å². The van der Waals surface area contributed by atoms with Crippen LogP contribution in [0.15, 0.2) is 41.1 Å². The molecule has 0 bridgehead atoms. The summed E-state index contributed by atoms with van der Waals surface area (Å²) in [6.45, 7) is 1.90. The molecule has 0 aliphatic heterocycles. The molecule has 114 valence electrons. The van der Waals surface area contributed by atoms with Crippen molar-refractivity contribution in [1.29, 1.82) is 0 Å². The topological polar surface area (TPSA) is 83.6 Å². The molecular formula is C16H16N2O4. The summed E-state index contributed by atoms with van der Waals surface area (Å²) in [4.78, 5) is 29.6. The number of hydrogen-bond donors (Lipinski definition) is 1. The first-order chi connectivity index (χ1) is 10.6. The zero-order valence-corrected chi connectivity index (χ0v) is 12.1. The Hall–Kier alpha value is -2.63. The van der Waals surface area contributed by atoms with E-state index < -0.39 is 5.97 Å². The lowest BCUT2D eigenvalue weighted by Gasteiger charge is -2.27. The molecule has 3 rings (SSSR count). The second kappa shape index (κ2) is 5.63. The molecule has 1 N–H and O–H groups in total. The smallest absolute Gasteiger partial charge is 0.335 e. The third kappa shape index (κ3) is 2.72. The highest BCUT2D eigenvalue weighted by atomic mass is 16.4. The number of furan rings is 1. The van der Waals surface area contributed by atoms with Gasteiger partial charge in [0.1, 0.15) is 11.5 Å². The molecule has 0 saturated heterocycles. The summed E-state index contributed by atoms with van der Waals surface area (Å²) in [5.74, 6) is -0.641. The quantitative estimate of drug-likeness (QED) is 0.918. The first kappa shape index (κ1) is 14.3. The highest BCUT2D eigenvalue weighted by Crippen LogP contribution is 2.35. The molecule has 1 aliphatic rings. The first-order valence-corrected chi connectivity index (χ1v) is 7.13. The largest absolute Gasteiger partial charge is 0.478 e. The minimum Gasteiger partial charge on any atom is -0.478 e. The number of carbonyl (C=O) groups excluding carboxylic acids is 1. The normalized spacial score (nSPS) is 15.3. The van der Waals surface area contributed by atoms with Gasteiger partial charge in [-0.25, -0.2) is 4.79 Å². The van der Waals surface area contributed by atoms with Crippen molar-refractivity contribution in [2.75, 3.05) is 0 Å². The zero-order valence-electron chi connectivity index (χ0n) is 12.1. The molecule has 1 aliphatic carbocycles. The maximum atomic E-state index is 12.8. The fourth-order valence-electron chi connectivity index (χ4n) is 2.49. The number of nitrogens with zero attached hydrogens (tertiary/aromatic N) is 2. The molecule has 6 heteroatoms. The van der Waals surface area contributed by atoms with E-state index in [2.05, 4.69) is 4.98 Å². The van der Waals surface area contributed by atoms with Crippen molar-refractivity contribution in [3.05, 3.63) is 53.7 Å². The average molecular weight is 300 g/mol. The molecule has 1 amide bonds. The van der Waals surface area contributed by atoms with E-state index in [-0.39, 0.29) is 29.2 Å². The summed E-state index contributed by atoms with van der Waals surface area (Å²) >= 11 is 0. The Balaban J connectivity index is 1.90. The molecule has 0 radical (unpaired) electrons. The van der Waals surface area contributed by atoms with E-state index in [4.69, 9.17) is 9.52 Å². The maximum Gasteiger partial charge on any atom is 0.335 e. The Kier molecular flexibility index (Phi) is 3.66. The third-order valence-electron chi connectivity index (χ3n) is 3.77. The Morgan fingerprint density at radius 2 is 2.18 bits per heavy atom. The molecule has 0 spiro atoms. The van der Waals surface area contributed by atoms with Gasteiger partial charge in [-0.3, -0.25) is 9.78 Å². The van der Waals surface area contributed by atoms with Crippen molar-refractivity contribution in [3.8, 4) is 0 Å². The number of hydrogen-bond acceptors (Lipinski definition) is 4. The lowest BCUT2D eigenvalue weighted by molar-refractivity contribution is 0.0646. The standard InChI is InChI=1S/C16H16N2O4/c1-10(14-3-2-8-22-14)18(12-4-5-12)15(19)13-9-11(16(20)21)6-7-17-13/h2-3,6-10,12H,4-5H2,1H3,(H,20,21). The van der Waals surface area contributed by atoms with E-state index in [9.17, 15) is 9.59 Å². The Morgan fingerprint density at radius 1 is 1.41 bits per heavy atom. The van der Waals surface area contributed by atoms with Gasteiger partial charge in [0.15, 0.2) is 0 Å². The number of aromatic nitrogens is 1. The number of carbonyl (C=O) groups is 2. The van der Waals surface area contributed by atoms with E-state index in [1.807, 2.05) is 13.0 Å². The number of aromatic carboxylic acids is 1. The second-order valence-electron chi connectivity index (χ2n) is 5.37. The molecule has 22 heavy (non-hydrogen) atoms. The summed E-state index contributed by atoms with van der Waals surface area (Å²) in [5.41, 5.74) is 0.199. The van der Waals surface area contributed by atoms with Gasteiger partial charge in [0.2, 0.25) is 0 Å². The molecule has 1 fully saturated rings. The van der Waals surface area contributed by atoms with Crippen molar-refractivity contribution in [2.24, 2.45) is 0 Å². The van der Waals surface area contributed by atoms with Crippen LogP contribution in [0.2, 0.25) is 0 Å². The SMILES string of the molecule is CC(c1ccco1)N(C(=O)c1cc(C(=O)O)ccn1)C1CC1. The van der Waals surface area contributed by atoms with Crippen molar-refractivity contribution in [3.63, 3.8) is 0 Å². The first-order valence-electron chi connectivity index (χ1n) is 7.13. The van der Waals surface area contributed by atoms with Crippen molar-refractivity contribution < 1.29 is 19.1 Å². The van der Waals surface area contributed by atoms with Gasteiger partial charge in [-0.05, 0) is 44.0 Å². The van der Waals surface area contributed by atoms with Gasteiger partial charge in [-0.1, -0.05) is 0 Å². The lowest BCUT2D eigenvalue weighted by atomic mass is 10.1. The molecule has 6 nitrogen and oxygen atoms in total.